The van der Waals surface area contributed by atoms with Crippen LogP contribution in [0.1, 0.15) is 37.7 Å². The second-order valence-corrected chi connectivity index (χ2v) is 5.40. The summed E-state index contributed by atoms with van der Waals surface area (Å²) in [6, 6.07) is 6.02. The van der Waals surface area contributed by atoms with Crippen LogP contribution in [0.2, 0.25) is 0 Å². The molecule has 1 aromatic rings. The summed E-state index contributed by atoms with van der Waals surface area (Å²) in [6.07, 6.45) is 6.61. The second kappa shape index (κ2) is 6.19. The standard InChI is InChI=1S/C15H23FN2/c1-18(2)15-10-12(8-9-14(15)16)11-17-13-6-4-3-5-7-13/h8-10,13,17H,3-7,11H2,1-2H3. The van der Waals surface area contributed by atoms with Gasteiger partial charge in [-0.05, 0) is 30.5 Å². The number of halogens is 1. The third-order valence-electron chi connectivity index (χ3n) is 3.69. The van der Waals surface area contributed by atoms with Crippen molar-refractivity contribution in [2.75, 3.05) is 19.0 Å². The van der Waals surface area contributed by atoms with Crippen LogP contribution in [0, 0.1) is 5.82 Å². The van der Waals surface area contributed by atoms with E-state index in [2.05, 4.69) is 5.32 Å². The zero-order valence-electron chi connectivity index (χ0n) is 11.4. The molecule has 100 valence electrons. The Kier molecular flexibility index (Phi) is 4.59. The summed E-state index contributed by atoms with van der Waals surface area (Å²) in [4.78, 5) is 1.82. The van der Waals surface area contributed by atoms with Crippen molar-refractivity contribution >= 4 is 5.69 Å². The molecule has 1 aromatic carbocycles. The van der Waals surface area contributed by atoms with Crippen LogP contribution in [0.4, 0.5) is 10.1 Å². The van der Waals surface area contributed by atoms with Crippen LogP contribution >= 0.6 is 0 Å². The molecule has 0 spiro atoms. The van der Waals surface area contributed by atoms with Gasteiger partial charge in [0.25, 0.3) is 0 Å². The number of hydrogen-bond acceptors (Lipinski definition) is 2. The molecule has 1 aliphatic carbocycles. The minimum absolute atomic E-state index is 0.151. The highest BCUT2D eigenvalue weighted by molar-refractivity contribution is 5.48. The maximum Gasteiger partial charge on any atom is 0.146 e. The number of benzene rings is 1. The van der Waals surface area contributed by atoms with E-state index in [0.717, 1.165) is 12.1 Å². The molecule has 1 N–H and O–H groups in total. The summed E-state index contributed by atoms with van der Waals surface area (Å²) in [7, 11) is 3.74. The van der Waals surface area contributed by atoms with Gasteiger partial charge in [0.1, 0.15) is 5.82 Å². The molecule has 3 heteroatoms. The van der Waals surface area contributed by atoms with E-state index in [9.17, 15) is 4.39 Å². The molecule has 1 saturated carbocycles. The van der Waals surface area contributed by atoms with Crippen molar-refractivity contribution in [3.8, 4) is 0 Å². The summed E-state index contributed by atoms with van der Waals surface area (Å²) in [6.45, 7) is 0.839. The van der Waals surface area contributed by atoms with E-state index >= 15 is 0 Å². The molecule has 0 heterocycles. The molecule has 0 amide bonds. The van der Waals surface area contributed by atoms with Gasteiger partial charge in [-0.15, -0.1) is 0 Å². The van der Waals surface area contributed by atoms with Crippen LogP contribution in [0.15, 0.2) is 18.2 Å². The quantitative estimate of drug-likeness (QED) is 0.882. The van der Waals surface area contributed by atoms with Crippen LogP contribution < -0.4 is 10.2 Å². The number of nitrogens with one attached hydrogen (secondary N) is 1. The summed E-state index contributed by atoms with van der Waals surface area (Å²) >= 11 is 0. The highest BCUT2D eigenvalue weighted by Gasteiger charge is 2.13. The van der Waals surface area contributed by atoms with Gasteiger partial charge in [0, 0.05) is 26.7 Å². The first kappa shape index (κ1) is 13.3. The number of anilines is 1. The van der Waals surface area contributed by atoms with Crippen LogP contribution in [0.25, 0.3) is 0 Å². The predicted molar refractivity (Wildman–Crippen MR) is 74.4 cm³/mol. The lowest BCUT2D eigenvalue weighted by atomic mass is 9.95. The van der Waals surface area contributed by atoms with Crippen LogP contribution in [0.3, 0.4) is 0 Å². The van der Waals surface area contributed by atoms with Gasteiger partial charge in [-0.3, -0.25) is 0 Å². The van der Waals surface area contributed by atoms with Gasteiger partial charge in [-0.1, -0.05) is 25.3 Å². The molecular weight excluding hydrogens is 227 g/mol. The van der Waals surface area contributed by atoms with Gasteiger partial charge in [0.05, 0.1) is 5.69 Å². The smallest absolute Gasteiger partial charge is 0.146 e. The molecule has 0 aromatic heterocycles. The highest BCUT2D eigenvalue weighted by atomic mass is 19.1. The van der Waals surface area contributed by atoms with Crippen molar-refractivity contribution in [3.05, 3.63) is 29.6 Å². The molecule has 0 unspecified atom stereocenters. The Morgan fingerprint density at radius 3 is 2.61 bits per heavy atom. The van der Waals surface area contributed by atoms with Crippen molar-refractivity contribution in [2.24, 2.45) is 0 Å². The Balaban J connectivity index is 1.94. The van der Waals surface area contributed by atoms with Crippen molar-refractivity contribution in [1.82, 2.24) is 5.32 Å². The zero-order chi connectivity index (χ0) is 13.0. The maximum atomic E-state index is 13.6. The Morgan fingerprint density at radius 1 is 1.22 bits per heavy atom. The lowest BCUT2D eigenvalue weighted by molar-refractivity contribution is 0.372. The average Bonchev–Trinajstić information content (AvgIpc) is 2.38. The molecular formula is C15H23FN2. The van der Waals surface area contributed by atoms with Crippen molar-refractivity contribution in [3.63, 3.8) is 0 Å². The van der Waals surface area contributed by atoms with E-state index in [1.807, 2.05) is 31.1 Å². The van der Waals surface area contributed by atoms with Crippen molar-refractivity contribution in [1.29, 1.82) is 0 Å². The summed E-state index contributed by atoms with van der Waals surface area (Å²) in [5.41, 5.74) is 1.82. The molecule has 0 atom stereocenters. The Morgan fingerprint density at radius 2 is 1.94 bits per heavy atom. The Labute approximate surface area is 109 Å². The van der Waals surface area contributed by atoms with Crippen molar-refractivity contribution < 1.29 is 4.39 Å². The highest BCUT2D eigenvalue weighted by Crippen LogP contribution is 2.20. The fraction of sp³-hybridized carbons (Fsp3) is 0.600. The number of hydrogen-bond donors (Lipinski definition) is 1. The Bertz CT molecular complexity index is 384. The largest absolute Gasteiger partial charge is 0.375 e. The minimum Gasteiger partial charge on any atom is -0.375 e. The van der Waals surface area contributed by atoms with E-state index < -0.39 is 0 Å². The summed E-state index contributed by atoms with van der Waals surface area (Å²) in [5.74, 6) is -0.151. The molecule has 1 aliphatic rings. The van der Waals surface area contributed by atoms with E-state index in [1.165, 1.54) is 32.1 Å². The third kappa shape index (κ3) is 3.45. The number of rotatable bonds is 4. The number of nitrogens with zero attached hydrogens (tertiary/aromatic N) is 1. The molecule has 0 saturated heterocycles. The summed E-state index contributed by atoms with van der Waals surface area (Å²) < 4.78 is 13.6. The first-order valence-corrected chi connectivity index (χ1v) is 6.86. The predicted octanol–water partition coefficient (Wildman–Crippen LogP) is 3.31. The third-order valence-corrected chi connectivity index (χ3v) is 3.69. The molecule has 0 bridgehead atoms. The van der Waals surface area contributed by atoms with Gasteiger partial charge < -0.3 is 10.2 Å². The van der Waals surface area contributed by atoms with Gasteiger partial charge in [0.15, 0.2) is 0 Å². The van der Waals surface area contributed by atoms with Crippen molar-refractivity contribution in [2.45, 2.75) is 44.7 Å². The van der Waals surface area contributed by atoms with Gasteiger partial charge in [0.2, 0.25) is 0 Å². The lowest BCUT2D eigenvalue weighted by Crippen LogP contribution is -2.30. The average molecular weight is 250 g/mol. The minimum atomic E-state index is -0.151. The van der Waals surface area contributed by atoms with E-state index in [1.54, 1.807) is 6.07 Å². The summed E-state index contributed by atoms with van der Waals surface area (Å²) in [5, 5.41) is 3.58. The normalized spacial score (nSPS) is 16.8. The van der Waals surface area contributed by atoms with Crippen LogP contribution in [0.5, 0.6) is 0 Å². The molecule has 0 radical (unpaired) electrons. The Hall–Kier alpha value is -1.09. The molecule has 2 rings (SSSR count). The fourth-order valence-electron chi connectivity index (χ4n) is 2.58. The van der Waals surface area contributed by atoms with E-state index in [0.29, 0.717) is 11.7 Å². The van der Waals surface area contributed by atoms with Crippen LogP contribution in [-0.2, 0) is 6.54 Å². The SMILES string of the molecule is CN(C)c1cc(CNC2CCCCC2)ccc1F. The van der Waals surface area contributed by atoms with Crippen LogP contribution in [-0.4, -0.2) is 20.1 Å². The fourth-order valence-corrected chi connectivity index (χ4v) is 2.58. The topological polar surface area (TPSA) is 15.3 Å². The first-order valence-electron chi connectivity index (χ1n) is 6.86. The van der Waals surface area contributed by atoms with Gasteiger partial charge >= 0.3 is 0 Å². The second-order valence-electron chi connectivity index (χ2n) is 5.40. The lowest BCUT2D eigenvalue weighted by Gasteiger charge is -2.23. The van der Waals surface area contributed by atoms with Gasteiger partial charge in [-0.2, -0.15) is 0 Å². The molecule has 0 aliphatic heterocycles. The maximum absolute atomic E-state index is 13.6. The van der Waals surface area contributed by atoms with E-state index in [4.69, 9.17) is 0 Å². The molecule has 2 nitrogen and oxygen atoms in total. The molecule has 18 heavy (non-hydrogen) atoms. The monoisotopic (exact) mass is 250 g/mol. The first-order chi connectivity index (χ1) is 8.66. The van der Waals surface area contributed by atoms with E-state index in [-0.39, 0.29) is 5.82 Å². The zero-order valence-corrected chi connectivity index (χ0v) is 11.4. The van der Waals surface area contributed by atoms with Gasteiger partial charge in [-0.25, -0.2) is 4.39 Å². The molecule has 1 fully saturated rings.